The van der Waals surface area contributed by atoms with Crippen LogP contribution in [0.15, 0.2) is 0 Å². The predicted molar refractivity (Wildman–Crippen MR) is 48.3 cm³/mol. The third-order valence-corrected chi connectivity index (χ3v) is 2.82. The van der Waals surface area contributed by atoms with Gasteiger partial charge in [0, 0.05) is 17.1 Å². The van der Waals surface area contributed by atoms with E-state index >= 15 is 0 Å². The van der Waals surface area contributed by atoms with Crippen LogP contribution in [-0.4, -0.2) is 17.1 Å². The number of thioether (sulfide) groups is 1. The van der Waals surface area contributed by atoms with Crippen molar-refractivity contribution in [1.29, 1.82) is 0 Å². The molecule has 2 heterocycles. The summed E-state index contributed by atoms with van der Waals surface area (Å²) in [5.74, 6) is 3.53. The van der Waals surface area contributed by atoms with Crippen molar-refractivity contribution in [2.45, 2.75) is 18.4 Å². The molecule has 1 aromatic heterocycles. The summed E-state index contributed by atoms with van der Waals surface area (Å²) >= 11 is 1.86. The number of rotatable bonds is 1. The molecule has 2 rings (SSSR count). The van der Waals surface area contributed by atoms with Crippen LogP contribution in [0.1, 0.15) is 17.1 Å². The zero-order valence-electron chi connectivity index (χ0n) is 7.13. The van der Waals surface area contributed by atoms with Gasteiger partial charge in [-0.15, -0.1) is 0 Å². The van der Waals surface area contributed by atoms with E-state index in [0.29, 0.717) is 0 Å². The van der Waals surface area contributed by atoms with Gasteiger partial charge < -0.3 is 4.74 Å². The summed E-state index contributed by atoms with van der Waals surface area (Å²) in [5.41, 5.74) is 2.32. The molecule has 3 nitrogen and oxygen atoms in total. The Balaban J connectivity index is 2.55. The molecule has 1 aliphatic rings. The molecule has 0 bridgehead atoms. The minimum Gasteiger partial charge on any atom is -0.481 e. The molecule has 0 saturated heterocycles. The van der Waals surface area contributed by atoms with Crippen LogP contribution in [-0.2, 0) is 11.5 Å². The number of aromatic nitrogens is 2. The molecule has 0 spiro atoms. The minimum absolute atomic E-state index is 0.752. The standard InChI is InChI=1S/C8H10N2OS/c1-5-9-7-4-12-3-6(7)8(10-5)11-2/h3-4H2,1-2H3. The molecule has 0 N–H and O–H groups in total. The highest BCUT2D eigenvalue weighted by Gasteiger charge is 2.18. The Morgan fingerprint density at radius 1 is 1.33 bits per heavy atom. The Labute approximate surface area is 75.6 Å². The lowest BCUT2D eigenvalue weighted by molar-refractivity contribution is 0.391. The van der Waals surface area contributed by atoms with Crippen LogP contribution < -0.4 is 4.74 Å². The van der Waals surface area contributed by atoms with Crippen LogP contribution in [0.3, 0.4) is 0 Å². The number of hydrogen-bond acceptors (Lipinski definition) is 4. The lowest BCUT2D eigenvalue weighted by Crippen LogP contribution is -2.00. The summed E-state index contributed by atoms with van der Waals surface area (Å²) in [4.78, 5) is 8.57. The minimum atomic E-state index is 0.752. The molecule has 64 valence electrons. The fourth-order valence-electron chi connectivity index (χ4n) is 1.31. The van der Waals surface area contributed by atoms with Gasteiger partial charge in [-0.25, -0.2) is 4.98 Å². The maximum Gasteiger partial charge on any atom is 0.220 e. The maximum atomic E-state index is 5.17. The highest BCUT2D eigenvalue weighted by atomic mass is 32.2. The number of nitrogens with zero attached hydrogens (tertiary/aromatic N) is 2. The molecular weight excluding hydrogens is 172 g/mol. The van der Waals surface area contributed by atoms with Crippen LogP contribution in [0.2, 0.25) is 0 Å². The van der Waals surface area contributed by atoms with Gasteiger partial charge in [0.05, 0.1) is 12.8 Å². The Kier molecular flexibility index (Phi) is 1.92. The first-order valence-corrected chi connectivity index (χ1v) is 4.95. The van der Waals surface area contributed by atoms with Crippen LogP contribution in [0.25, 0.3) is 0 Å². The van der Waals surface area contributed by atoms with Gasteiger partial charge in [0.25, 0.3) is 0 Å². The topological polar surface area (TPSA) is 35.0 Å². The molecule has 1 aromatic rings. The summed E-state index contributed by atoms with van der Waals surface area (Å²) in [6.07, 6.45) is 0. The van der Waals surface area contributed by atoms with E-state index in [-0.39, 0.29) is 0 Å². The molecule has 12 heavy (non-hydrogen) atoms. The van der Waals surface area contributed by atoms with Gasteiger partial charge in [-0.2, -0.15) is 16.7 Å². The monoisotopic (exact) mass is 182 g/mol. The second-order valence-corrected chi connectivity index (χ2v) is 3.68. The van der Waals surface area contributed by atoms with Crippen LogP contribution in [0.5, 0.6) is 5.88 Å². The van der Waals surface area contributed by atoms with Crippen LogP contribution >= 0.6 is 11.8 Å². The average molecular weight is 182 g/mol. The van der Waals surface area contributed by atoms with Gasteiger partial charge in [0.1, 0.15) is 5.82 Å². The smallest absolute Gasteiger partial charge is 0.220 e. The van der Waals surface area contributed by atoms with E-state index in [9.17, 15) is 0 Å². The van der Waals surface area contributed by atoms with E-state index in [1.165, 1.54) is 5.56 Å². The van der Waals surface area contributed by atoms with Crippen molar-refractivity contribution in [2.24, 2.45) is 0 Å². The largest absolute Gasteiger partial charge is 0.481 e. The maximum absolute atomic E-state index is 5.17. The molecule has 0 amide bonds. The van der Waals surface area contributed by atoms with Gasteiger partial charge >= 0.3 is 0 Å². The number of hydrogen-bond donors (Lipinski definition) is 0. The van der Waals surface area contributed by atoms with Crippen LogP contribution in [0.4, 0.5) is 0 Å². The predicted octanol–water partition coefficient (Wildman–Crippen LogP) is 1.54. The third kappa shape index (κ3) is 1.16. The third-order valence-electron chi connectivity index (χ3n) is 1.85. The van der Waals surface area contributed by atoms with Crippen molar-refractivity contribution in [3.05, 3.63) is 17.1 Å². The van der Waals surface area contributed by atoms with Gasteiger partial charge in [-0.05, 0) is 6.92 Å². The second kappa shape index (κ2) is 2.94. The second-order valence-electron chi connectivity index (χ2n) is 2.70. The first kappa shape index (κ1) is 7.86. The fraction of sp³-hybridized carbons (Fsp3) is 0.500. The SMILES string of the molecule is COc1nc(C)nc2c1CSC2. The Morgan fingerprint density at radius 2 is 2.17 bits per heavy atom. The number of ether oxygens (including phenoxy) is 1. The van der Waals surface area contributed by atoms with Gasteiger partial charge in [-0.3, -0.25) is 0 Å². The normalized spacial score (nSPS) is 14.5. The lowest BCUT2D eigenvalue weighted by Gasteiger charge is -2.04. The Morgan fingerprint density at radius 3 is 2.92 bits per heavy atom. The van der Waals surface area contributed by atoms with Gasteiger partial charge in [-0.1, -0.05) is 0 Å². The van der Waals surface area contributed by atoms with Crippen molar-refractivity contribution < 1.29 is 4.74 Å². The average Bonchev–Trinajstić information content (AvgIpc) is 2.50. The van der Waals surface area contributed by atoms with E-state index in [1.54, 1.807) is 7.11 Å². The Bertz CT molecular complexity index is 314. The summed E-state index contributed by atoms with van der Waals surface area (Å²) in [5, 5.41) is 0. The van der Waals surface area contributed by atoms with E-state index in [0.717, 1.165) is 28.9 Å². The molecule has 4 heteroatoms. The van der Waals surface area contributed by atoms with E-state index in [1.807, 2.05) is 18.7 Å². The molecule has 0 unspecified atom stereocenters. The quantitative estimate of drug-likeness (QED) is 0.660. The molecule has 0 atom stereocenters. The molecule has 0 aromatic carbocycles. The summed E-state index contributed by atoms with van der Waals surface area (Å²) in [6.45, 7) is 1.89. The van der Waals surface area contributed by atoms with Crippen molar-refractivity contribution in [1.82, 2.24) is 9.97 Å². The summed E-state index contributed by atoms with van der Waals surface area (Å²) < 4.78 is 5.17. The number of fused-ring (bicyclic) bond motifs is 1. The highest BCUT2D eigenvalue weighted by Crippen LogP contribution is 2.33. The first-order valence-electron chi connectivity index (χ1n) is 3.79. The molecule has 0 aliphatic carbocycles. The van der Waals surface area contributed by atoms with Gasteiger partial charge in [0.2, 0.25) is 5.88 Å². The zero-order valence-corrected chi connectivity index (χ0v) is 7.94. The highest BCUT2D eigenvalue weighted by molar-refractivity contribution is 7.98. The van der Waals surface area contributed by atoms with E-state index < -0.39 is 0 Å². The molecule has 0 fully saturated rings. The van der Waals surface area contributed by atoms with Crippen molar-refractivity contribution in [2.75, 3.05) is 7.11 Å². The van der Waals surface area contributed by atoms with E-state index in [4.69, 9.17) is 4.74 Å². The fourth-order valence-corrected chi connectivity index (χ4v) is 2.34. The van der Waals surface area contributed by atoms with Crippen molar-refractivity contribution in [3.8, 4) is 5.88 Å². The zero-order chi connectivity index (χ0) is 8.55. The first-order chi connectivity index (χ1) is 5.81. The molecular formula is C8H10N2OS. The van der Waals surface area contributed by atoms with Crippen molar-refractivity contribution >= 4 is 11.8 Å². The van der Waals surface area contributed by atoms with Crippen LogP contribution in [0, 0.1) is 6.92 Å². The number of methoxy groups -OCH3 is 1. The van der Waals surface area contributed by atoms with E-state index in [2.05, 4.69) is 9.97 Å². The molecule has 1 aliphatic heterocycles. The summed E-state index contributed by atoms with van der Waals surface area (Å²) in [6, 6.07) is 0. The van der Waals surface area contributed by atoms with Crippen molar-refractivity contribution in [3.63, 3.8) is 0 Å². The molecule has 0 saturated carbocycles. The molecule has 0 radical (unpaired) electrons. The lowest BCUT2D eigenvalue weighted by atomic mass is 10.2. The summed E-state index contributed by atoms with van der Waals surface area (Å²) in [7, 11) is 1.66. The van der Waals surface area contributed by atoms with Gasteiger partial charge in [0.15, 0.2) is 0 Å². The Hall–Kier alpha value is -0.770. The number of aryl methyl sites for hydroxylation is 1.